The van der Waals surface area contributed by atoms with Crippen LogP contribution in [0.1, 0.15) is 10.5 Å². The molecule has 19 heavy (non-hydrogen) atoms. The van der Waals surface area contributed by atoms with E-state index in [0.29, 0.717) is 5.69 Å². The van der Waals surface area contributed by atoms with Crippen LogP contribution in [0.3, 0.4) is 0 Å². The van der Waals surface area contributed by atoms with Crippen LogP contribution in [0.15, 0.2) is 24.3 Å². The van der Waals surface area contributed by atoms with E-state index in [0.717, 1.165) is 37.1 Å². The Labute approximate surface area is 111 Å². The van der Waals surface area contributed by atoms with Gasteiger partial charge in [-0.25, -0.2) is 0 Å². The van der Waals surface area contributed by atoms with Gasteiger partial charge in [0, 0.05) is 44.1 Å². The molecule has 0 saturated carbocycles. The van der Waals surface area contributed by atoms with Crippen molar-refractivity contribution in [2.75, 3.05) is 26.2 Å². The van der Waals surface area contributed by atoms with E-state index in [9.17, 15) is 9.90 Å². The van der Waals surface area contributed by atoms with Crippen LogP contribution >= 0.6 is 0 Å². The van der Waals surface area contributed by atoms with E-state index in [1.54, 1.807) is 12.1 Å². The number of hydrogen-bond donors (Lipinski definition) is 2. The van der Waals surface area contributed by atoms with Gasteiger partial charge in [0.25, 0.3) is 5.91 Å². The molecule has 0 spiro atoms. The summed E-state index contributed by atoms with van der Waals surface area (Å²) in [7, 11) is 1.88. The Morgan fingerprint density at radius 3 is 2.74 bits per heavy atom. The minimum Gasteiger partial charge on any atom is -0.508 e. The Balaban J connectivity index is 2.00. The second-order valence-corrected chi connectivity index (χ2v) is 4.87. The molecule has 1 aliphatic rings. The van der Waals surface area contributed by atoms with Crippen molar-refractivity contribution in [1.82, 2.24) is 14.8 Å². The molecule has 0 bridgehead atoms. The number of nitrogens with zero attached hydrogens (tertiary/aromatic N) is 2. The van der Waals surface area contributed by atoms with Gasteiger partial charge in [0.1, 0.15) is 11.4 Å². The van der Waals surface area contributed by atoms with Gasteiger partial charge in [-0.15, -0.1) is 0 Å². The average Bonchev–Trinajstić information content (AvgIpc) is 2.75. The Bertz CT molecular complexity index is 627. The third kappa shape index (κ3) is 2.06. The van der Waals surface area contributed by atoms with Crippen LogP contribution in [-0.4, -0.2) is 46.7 Å². The number of hydrogen-bond acceptors (Lipinski definition) is 3. The molecular formula is C14H17N3O2. The molecule has 0 atom stereocenters. The summed E-state index contributed by atoms with van der Waals surface area (Å²) in [5, 5.41) is 13.6. The Kier molecular flexibility index (Phi) is 2.91. The number of carbonyl (C=O) groups excluding carboxylic acids is 1. The lowest BCUT2D eigenvalue weighted by atomic mass is 10.2. The zero-order valence-electron chi connectivity index (χ0n) is 10.9. The van der Waals surface area contributed by atoms with Gasteiger partial charge in [-0.3, -0.25) is 4.79 Å². The highest BCUT2D eigenvalue weighted by atomic mass is 16.3. The summed E-state index contributed by atoms with van der Waals surface area (Å²) >= 11 is 0. The summed E-state index contributed by atoms with van der Waals surface area (Å²) in [6.45, 7) is 3.17. The monoisotopic (exact) mass is 259 g/mol. The third-order valence-corrected chi connectivity index (χ3v) is 3.65. The maximum atomic E-state index is 12.5. The summed E-state index contributed by atoms with van der Waals surface area (Å²) in [5.41, 5.74) is 1.62. The topological polar surface area (TPSA) is 57.5 Å². The molecule has 100 valence electrons. The molecule has 3 rings (SSSR count). The molecule has 0 unspecified atom stereocenters. The number of piperazine rings is 1. The second-order valence-electron chi connectivity index (χ2n) is 4.87. The zero-order valence-corrected chi connectivity index (χ0v) is 10.9. The van der Waals surface area contributed by atoms with Crippen molar-refractivity contribution in [3.63, 3.8) is 0 Å². The van der Waals surface area contributed by atoms with Crippen LogP contribution in [0, 0.1) is 0 Å². The molecule has 2 heterocycles. The molecule has 1 saturated heterocycles. The molecule has 2 N–H and O–H groups in total. The summed E-state index contributed by atoms with van der Waals surface area (Å²) in [6.07, 6.45) is 0. The summed E-state index contributed by atoms with van der Waals surface area (Å²) in [6, 6.07) is 7.00. The number of aromatic hydroxyl groups is 1. The number of aryl methyl sites for hydroxylation is 1. The quantitative estimate of drug-likeness (QED) is 0.801. The average molecular weight is 259 g/mol. The van der Waals surface area contributed by atoms with E-state index in [4.69, 9.17) is 0 Å². The number of rotatable bonds is 1. The fraction of sp³-hybridized carbons (Fsp3) is 0.357. The van der Waals surface area contributed by atoms with E-state index in [-0.39, 0.29) is 11.7 Å². The first-order valence-corrected chi connectivity index (χ1v) is 6.45. The predicted molar refractivity (Wildman–Crippen MR) is 73.4 cm³/mol. The van der Waals surface area contributed by atoms with E-state index >= 15 is 0 Å². The summed E-state index contributed by atoms with van der Waals surface area (Å²) in [5.74, 6) is 0.277. The molecule has 1 aromatic heterocycles. The number of amides is 1. The Hall–Kier alpha value is -2.01. The Morgan fingerprint density at radius 2 is 2.00 bits per heavy atom. The van der Waals surface area contributed by atoms with Gasteiger partial charge in [0.15, 0.2) is 0 Å². The number of carbonyl (C=O) groups is 1. The van der Waals surface area contributed by atoms with E-state index in [1.165, 1.54) is 0 Å². The minimum absolute atomic E-state index is 0.0553. The van der Waals surface area contributed by atoms with Gasteiger partial charge in [-0.05, 0) is 24.3 Å². The van der Waals surface area contributed by atoms with Gasteiger partial charge in [0.2, 0.25) is 0 Å². The lowest BCUT2D eigenvalue weighted by Crippen LogP contribution is -2.46. The van der Waals surface area contributed by atoms with Crippen molar-refractivity contribution < 1.29 is 9.90 Å². The largest absolute Gasteiger partial charge is 0.508 e. The van der Waals surface area contributed by atoms with Crippen LogP contribution in [-0.2, 0) is 7.05 Å². The molecule has 0 radical (unpaired) electrons. The highest BCUT2D eigenvalue weighted by Crippen LogP contribution is 2.23. The highest BCUT2D eigenvalue weighted by molar-refractivity contribution is 5.99. The summed E-state index contributed by atoms with van der Waals surface area (Å²) < 4.78 is 1.89. The number of aromatic nitrogens is 1. The zero-order chi connectivity index (χ0) is 13.4. The Morgan fingerprint density at radius 1 is 1.26 bits per heavy atom. The van der Waals surface area contributed by atoms with Crippen molar-refractivity contribution >= 4 is 16.8 Å². The van der Waals surface area contributed by atoms with Crippen molar-refractivity contribution in [3.05, 3.63) is 30.0 Å². The molecule has 1 aliphatic heterocycles. The third-order valence-electron chi connectivity index (χ3n) is 3.65. The van der Waals surface area contributed by atoms with Gasteiger partial charge in [-0.2, -0.15) is 0 Å². The first-order chi connectivity index (χ1) is 9.16. The number of nitrogens with one attached hydrogen (secondary N) is 1. The van der Waals surface area contributed by atoms with Gasteiger partial charge in [-0.1, -0.05) is 0 Å². The first kappa shape index (κ1) is 12.0. The van der Waals surface area contributed by atoms with E-state index < -0.39 is 0 Å². The van der Waals surface area contributed by atoms with Crippen LogP contribution in [0.25, 0.3) is 10.9 Å². The van der Waals surface area contributed by atoms with Crippen molar-refractivity contribution in [3.8, 4) is 5.75 Å². The van der Waals surface area contributed by atoms with Crippen LogP contribution in [0.5, 0.6) is 5.75 Å². The highest BCUT2D eigenvalue weighted by Gasteiger charge is 2.21. The number of fused-ring (bicyclic) bond motifs is 1. The molecular weight excluding hydrogens is 242 g/mol. The maximum absolute atomic E-state index is 12.5. The lowest BCUT2D eigenvalue weighted by Gasteiger charge is -2.27. The maximum Gasteiger partial charge on any atom is 0.270 e. The van der Waals surface area contributed by atoms with Crippen molar-refractivity contribution in [2.24, 2.45) is 7.05 Å². The smallest absolute Gasteiger partial charge is 0.270 e. The van der Waals surface area contributed by atoms with Gasteiger partial charge >= 0.3 is 0 Å². The SMILES string of the molecule is Cn1c(C(=O)N2CCNCC2)cc2cc(O)ccc21. The molecule has 1 aromatic carbocycles. The molecule has 5 nitrogen and oxygen atoms in total. The van der Waals surface area contributed by atoms with Crippen LogP contribution in [0.2, 0.25) is 0 Å². The number of phenols is 1. The first-order valence-electron chi connectivity index (χ1n) is 6.45. The van der Waals surface area contributed by atoms with E-state index in [1.807, 2.05) is 28.6 Å². The van der Waals surface area contributed by atoms with E-state index in [2.05, 4.69) is 5.32 Å². The molecule has 1 amide bonds. The van der Waals surface area contributed by atoms with Gasteiger partial charge < -0.3 is 19.9 Å². The molecule has 0 aliphatic carbocycles. The standard InChI is InChI=1S/C14H17N3O2/c1-16-12-3-2-11(18)8-10(12)9-13(16)14(19)17-6-4-15-5-7-17/h2-3,8-9,15,18H,4-7H2,1H3. The molecule has 1 fully saturated rings. The van der Waals surface area contributed by atoms with Crippen LogP contribution in [0.4, 0.5) is 0 Å². The van der Waals surface area contributed by atoms with Crippen molar-refractivity contribution in [1.29, 1.82) is 0 Å². The molecule has 5 heteroatoms. The second kappa shape index (κ2) is 4.59. The fourth-order valence-electron chi connectivity index (χ4n) is 2.57. The minimum atomic E-state index is 0.0553. The summed E-state index contributed by atoms with van der Waals surface area (Å²) in [4.78, 5) is 14.4. The van der Waals surface area contributed by atoms with Crippen molar-refractivity contribution in [2.45, 2.75) is 0 Å². The lowest BCUT2D eigenvalue weighted by molar-refractivity contribution is 0.0726. The number of benzene rings is 1. The number of phenolic OH excluding ortho intramolecular Hbond substituents is 1. The van der Waals surface area contributed by atoms with Crippen LogP contribution < -0.4 is 5.32 Å². The van der Waals surface area contributed by atoms with Gasteiger partial charge in [0.05, 0.1) is 0 Å². The predicted octanol–water partition coefficient (Wildman–Crippen LogP) is 0.929. The normalized spacial score (nSPS) is 15.9. The molecule has 2 aromatic rings. The fourth-order valence-corrected chi connectivity index (χ4v) is 2.57.